The minimum atomic E-state index is -0.181. The van der Waals surface area contributed by atoms with Crippen LogP contribution in [0.5, 0.6) is 0 Å². The molecule has 2 aliphatic rings. The van der Waals surface area contributed by atoms with Gasteiger partial charge in [-0.1, -0.05) is 32.6 Å². The molecule has 1 aliphatic heterocycles. The van der Waals surface area contributed by atoms with Crippen molar-refractivity contribution in [1.29, 1.82) is 0 Å². The third-order valence-electron chi connectivity index (χ3n) is 5.08. The lowest BCUT2D eigenvalue weighted by Crippen LogP contribution is -2.49. The SMILES string of the molecule is CCCC(O)CNCC1(CN2CCOCC2)CCCCC1. The van der Waals surface area contributed by atoms with E-state index >= 15 is 0 Å². The van der Waals surface area contributed by atoms with Crippen LogP contribution in [0.25, 0.3) is 0 Å². The van der Waals surface area contributed by atoms with E-state index in [1.54, 1.807) is 0 Å². The molecule has 1 saturated carbocycles. The monoisotopic (exact) mass is 298 g/mol. The number of aliphatic hydroxyl groups excluding tert-OH is 1. The third kappa shape index (κ3) is 5.85. The zero-order chi connectivity index (χ0) is 15.0. The summed E-state index contributed by atoms with van der Waals surface area (Å²) < 4.78 is 5.47. The van der Waals surface area contributed by atoms with Gasteiger partial charge in [0.15, 0.2) is 0 Å². The molecule has 1 heterocycles. The molecule has 4 heteroatoms. The van der Waals surface area contributed by atoms with Crippen LogP contribution in [0.1, 0.15) is 51.9 Å². The van der Waals surface area contributed by atoms with Crippen molar-refractivity contribution < 1.29 is 9.84 Å². The molecule has 0 spiro atoms. The quantitative estimate of drug-likeness (QED) is 0.719. The molecule has 1 saturated heterocycles. The summed E-state index contributed by atoms with van der Waals surface area (Å²) in [5, 5.41) is 13.5. The molecule has 1 atom stereocenters. The van der Waals surface area contributed by atoms with E-state index in [-0.39, 0.29) is 6.10 Å². The molecule has 2 rings (SSSR count). The van der Waals surface area contributed by atoms with Gasteiger partial charge in [-0.05, 0) is 24.7 Å². The van der Waals surface area contributed by atoms with Crippen LogP contribution < -0.4 is 5.32 Å². The first-order chi connectivity index (χ1) is 10.2. The largest absolute Gasteiger partial charge is 0.392 e. The zero-order valence-electron chi connectivity index (χ0n) is 13.8. The van der Waals surface area contributed by atoms with Crippen molar-refractivity contribution in [3.63, 3.8) is 0 Å². The van der Waals surface area contributed by atoms with Gasteiger partial charge < -0.3 is 15.2 Å². The Bertz CT molecular complexity index is 274. The van der Waals surface area contributed by atoms with Crippen molar-refractivity contribution in [3.05, 3.63) is 0 Å². The summed E-state index contributed by atoms with van der Waals surface area (Å²) in [6.07, 6.45) is 8.57. The van der Waals surface area contributed by atoms with Gasteiger partial charge in [0, 0.05) is 32.7 Å². The molecular weight excluding hydrogens is 264 g/mol. The lowest BCUT2D eigenvalue weighted by Gasteiger charge is -2.42. The van der Waals surface area contributed by atoms with Crippen molar-refractivity contribution in [2.75, 3.05) is 45.9 Å². The molecule has 0 bridgehead atoms. The van der Waals surface area contributed by atoms with Gasteiger partial charge in [0.05, 0.1) is 19.3 Å². The van der Waals surface area contributed by atoms with Gasteiger partial charge in [0.25, 0.3) is 0 Å². The summed E-state index contributed by atoms with van der Waals surface area (Å²) in [6.45, 7) is 9.08. The summed E-state index contributed by atoms with van der Waals surface area (Å²) in [5.74, 6) is 0. The number of ether oxygens (including phenoxy) is 1. The smallest absolute Gasteiger partial charge is 0.0664 e. The minimum Gasteiger partial charge on any atom is -0.392 e. The first-order valence-electron chi connectivity index (χ1n) is 8.93. The lowest BCUT2D eigenvalue weighted by molar-refractivity contribution is 0.00650. The predicted molar refractivity (Wildman–Crippen MR) is 86.6 cm³/mol. The number of hydrogen-bond acceptors (Lipinski definition) is 4. The standard InChI is InChI=1S/C17H34N2O2/c1-2-6-16(20)13-18-14-17(7-4-3-5-8-17)15-19-9-11-21-12-10-19/h16,18,20H,2-15H2,1H3. The number of morpholine rings is 1. The molecule has 0 aromatic carbocycles. The summed E-state index contributed by atoms with van der Waals surface area (Å²) >= 11 is 0. The second kappa shape index (κ2) is 9.09. The van der Waals surface area contributed by atoms with Crippen LogP contribution in [0.2, 0.25) is 0 Å². The second-order valence-corrected chi connectivity index (χ2v) is 7.02. The van der Waals surface area contributed by atoms with E-state index in [4.69, 9.17) is 4.74 Å². The van der Waals surface area contributed by atoms with Gasteiger partial charge in [0.1, 0.15) is 0 Å². The molecule has 0 aromatic rings. The maximum absolute atomic E-state index is 9.89. The highest BCUT2D eigenvalue weighted by Gasteiger charge is 2.34. The Hall–Kier alpha value is -0.160. The Morgan fingerprint density at radius 2 is 1.90 bits per heavy atom. The van der Waals surface area contributed by atoms with Crippen LogP contribution in [0.15, 0.2) is 0 Å². The van der Waals surface area contributed by atoms with Gasteiger partial charge in [-0.2, -0.15) is 0 Å². The van der Waals surface area contributed by atoms with Crippen LogP contribution in [-0.2, 0) is 4.74 Å². The van der Waals surface area contributed by atoms with E-state index < -0.39 is 0 Å². The molecule has 1 unspecified atom stereocenters. The molecule has 0 amide bonds. The van der Waals surface area contributed by atoms with Crippen molar-refractivity contribution in [1.82, 2.24) is 10.2 Å². The molecular formula is C17H34N2O2. The zero-order valence-corrected chi connectivity index (χ0v) is 13.8. The van der Waals surface area contributed by atoms with Gasteiger partial charge in [-0.25, -0.2) is 0 Å². The first-order valence-corrected chi connectivity index (χ1v) is 8.93. The average Bonchev–Trinajstić information content (AvgIpc) is 2.49. The number of rotatable bonds is 8. The van der Waals surface area contributed by atoms with E-state index in [0.717, 1.165) is 52.2 Å². The van der Waals surface area contributed by atoms with E-state index in [2.05, 4.69) is 17.1 Å². The summed E-state index contributed by atoms with van der Waals surface area (Å²) in [4.78, 5) is 2.58. The molecule has 1 aliphatic carbocycles. The molecule has 0 radical (unpaired) electrons. The molecule has 0 aromatic heterocycles. The summed E-state index contributed by atoms with van der Waals surface area (Å²) in [7, 11) is 0. The van der Waals surface area contributed by atoms with E-state index in [1.807, 2.05) is 0 Å². The van der Waals surface area contributed by atoms with Gasteiger partial charge in [0.2, 0.25) is 0 Å². The highest BCUT2D eigenvalue weighted by Crippen LogP contribution is 2.36. The van der Waals surface area contributed by atoms with Crippen molar-refractivity contribution in [3.8, 4) is 0 Å². The average molecular weight is 298 g/mol. The lowest BCUT2D eigenvalue weighted by atomic mass is 9.73. The van der Waals surface area contributed by atoms with E-state index in [1.165, 1.54) is 38.6 Å². The number of hydrogen-bond donors (Lipinski definition) is 2. The summed E-state index contributed by atoms with van der Waals surface area (Å²) in [5.41, 5.74) is 0.418. The predicted octanol–water partition coefficient (Wildman–Crippen LogP) is 2.02. The van der Waals surface area contributed by atoms with Crippen LogP contribution in [0.4, 0.5) is 0 Å². The summed E-state index contributed by atoms with van der Waals surface area (Å²) in [6, 6.07) is 0. The van der Waals surface area contributed by atoms with Gasteiger partial charge >= 0.3 is 0 Å². The molecule has 124 valence electrons. The number of nitrogens with one attached hydrogen (secondary N) is 1. The van der Waals surface area contributed by atoms with Crippen LogP contribution in [0, 0.1) is 5.41 Å². The Balaban J connectivity index is 1.80. The highest BCUT2D eigenvalue weighted by atomic mass is 16.5. The van der Waals surface area contributed by atoms with Gasteiger partial charge in [-0.15, -0.1) is 0 Å². The van der Waals surface area contributed by atoms with Crippen molar-refractivity contribution >= 4 is 0 Å². The fourth-order valence-electron chi connectivity index (χ4n) is 3.87. The normalized spacial score (nSPS) is 24.9. The number of nitrogens with zero attached hydrogens (tertiary/aromatic N) is 1. The Morgan fingerprint density at radius 3 is 2.57 bits per heavy atom. The maximum atomic E-state index is 9.89. The molecule has 2 fully saturated rings. The molecule has 2 N–H and O–H groups in total. The minimum absolute atomic E-state index is 0.181. The Morgan fingerprint density at radius 1 is 1.19 bits per heavy atom. The van der Waals surface area contributed by atoms with Crippen molar-refractivity contribution in [2.45, 2.75) is 58.0 Å². The third-order valence-corrected chi connectivity index (χ3v) is 5.08. The maximum Gasteiger partial charge on any atom is 0.0664 e. The fourth-order valence-corrected chi connectivity index (χ4v) is 3.87. The van der Waals surface area contributed by atoms with Crippen LogP contribution in [0.3, 0.4) is 0 Å². The first kappa shape index (κ1) is 17.2. The Labute approximate surface area is 130 Å². The molecule has 4 nitrogen and oxygen atoms in total. The van der Waals surface area contributed by atoms with E-state index in [0.29, 0.717) is 5.41 Å². The number of aliphatic hydroxyl groups is 1. The van der Waals surface area contributed by atoms with E-state index in [9.17, 15) is 5.11 Å². The topological polar surface area (TPSA) is 44.7 Å². The molecule has 21 heavy (non-hydrogen) atoms. The van der Waals surface area contributed by atoms with Crippen LogP contribution >= 0.6 is 0 Å². The van der Waals surface area contributed by atoms with Crippen LogP contribution in [-0.4, -0.2) is 62.0 Å². The Kier molecular flexibility index (Phi) is 7.44. The van der Waals surface area contributed by atoms with Gasteiger partial charge in [-0.3, -0.25) is 4.90 Å². The fraction of sp³-hybridized carbons (Fsp3) is 1.00. The van der Waals surface area contributed by atoms with Crippen molar-refractivity contribution in [2.24, 2.45) is 5.41 Å². The second-order valence-electron chi connectivity index (χ2n) is 7.02. The highest BCUT2D eigenvalue weighted by molar-refractivity contribution is 4.88.